The van der Waals surface area contributed by atoms with Gasteiger partial charge in [0.2, 0.25) is 0 Å². The Hall–Kier alpha value is -5.08. The molecule has 2 heteroatoms. The zero-order chi connectivity index (χ0) is 41.2. The zero-order valence-corrected chi connectivity index (χ0v) is 37.0. The Morgan fingerprint density at radius 3 is 1.08 bits per heavy atom. The number of anilines is 6. The summed E-state index contributed by atoms with van der Waals surface area (Å²) in [5.41, 5.74) is 18.2. The molecule has 0 spiro atoms. The van der Waals surface area contributed by atoms with Crippen molar-refractivity contribution in [3.05, 3.63) is 167 Å². The normalized spacial score (nSPS) is 12.6. The van der Waals surface area contributed by atoms with Crippen LogP contribution in [0.4, 0.5) is 34.1 Å². The van der Waals surface area contributed by atoms with Crippen molar-refractivity contribution in [1.29, 1.82) is 0 Å². The second-order valence-electron chi connectivity index (χ2n) is 17.6. The molecule has 0 N–H and O–H groups in total. The Morgan fingerprint density at radius 2 is 0.695 bits per heavy atom. The lowest BCUT2D eigenvalue weighted by atomic mass is 9.70. The maximum absolute atomic E-state index is 2.60. The molecule has 0 amide bonds. The number of nitrogens with zero attached hydrogens (tertiary/aromatic N) is 2. The van der Waals surface area contributed by atoms with Crippen LogP contribution in [0, 0.1) is 27.7 Å². The maximum atomic E-state index is 2.60. The van der Waals surface area contributed by atoms with E-state index >= 15 is 0 Å². The zero-order valence-electron chi connectivity index (χ0n) is 37.0. The number of hydrogen-bond acceptors (Lipinski definition) is 2. The summed E-state index contributed by atoms with van der Waals surface area (Å²) in [5, 5.41) is 0. The van der Waals surface area contributed by atoms with Crippen LogP contribution in [0.25, 0.3) is 11.1 Å². The minimum absolute atomic E-state index is 0.0801. The second-order valence-corrected chi connectivity index (χ2v) is 17.6. The molecule has 6 aromatic rings. The molecule has 0 atom stereocenters. The van der Waals surface area contributed by atoms with Crippen molar-refractivity contribution in [2.24, 2.45) is 0 Å². The topological polar surface area (TPSA) is 6.48 Å². The average Bonchev–Trinajstić information content (AvgIpc) is 3.50. The highest BCUT2D eigenvalue weighted by Crippen LogP contribution is 2.57. The van der Waals surface area contributed by atoms with Gasteiger partial charge in [-0.25, -0.2) is 0 Å². The minimum atomic E-state index is -0.0801. The van der Waals surface area contributed by atoms with Crippen molar-refractivity contribution in [2.75, 3.05) is 9.80 Å². The number of aryl methyl sites for hydroxylation is 4. The summed E-state index contributed by atoms with van der Waals surface area (Å²) in [5.74, 6) is 0. The third kappa shape index (κ3) is 9.70. The molecule has 0 aromatic heterocycles. The van der Waals surface area contributed by atoms with Crippen LogP contribution in [-0.4, -0.2) is 0 Å². The molecule has 0 aliphatic heterocycles. The predicted molar refractivity (Wildman–Crippen MR) is 257 cm³/mol. The lowest BCUT2D eigenvalue weighted by Gasteiger charge is -2.35. The Morgan fingerprint density at radius 1 is 0.339 bits per heavy atom. The molecule has 1 aliphatic rings. The fourth-order valence-electron chi connectivity index (χ4n) is 9.64. The van der Waals surface area contributed by atoms with E-state index in [0.717, 1.165) is 0 Å². The quantitative estimate of drug-likeness (QED) is 0.0712. The molecule has 0 saturated carbocycles. The Labute approximate surface area is 357 Å². The fourth-order valence-corrected chi connectivity index (χ4v) is 9.64. The van der Waals surface area contributed by atoms with E-state index in [-0.39, 0.29) is 5.41 Å². The number of hydrogen-bond donors (Lipinski definition) is 0. The Bertz CT molecular complexity index is 2100. The predicted octanol–water partition coefficient (Wildman–Crippen LogP) is 17.6. The monoisotopic (exact) mass is 781 g/mol. The molecular weight excluding hydrogens is 713 g/mol. The molecule has 0 fully saturated rings. The fraction of sp³-hybridized carbons (Fsp3) is 0.368. The van der Waals surface area contributed by atoms with Gasteiger partial charge in [0.05, 0.1) is 0 Å². The van der Waals surface area contributed by atoms with Crippen LogP contribution in [-0.2, 0) is 5.41 Å². The summed E-state index contributed by atoms with van der Waals surface area (Å²) in [6, 6.07) is 51.1. The highest BCUT2D eigenvalue weighted by Gasteiger charge is 2.43. The van der Waals surface area contributed by atoms with Gasteiger partial charge in [0, 0.05) is 39.5 Å². The molecule has 0 saturated heterocycles. The lowest BCUT2D eigenvalue weighted by molar-refractivity contribution is 0.398. The van der Waals surface area contributed by atoms with Crippen molar-refractivity contribution >= 4 is 34.1 Å². The minimum Gasteiger partial charge on any atom is -0.310 e. The first-order valence-electron chi connectivity index (χ1n) is 23.0. The van der Waals surface area contributed by atoms with Gasteiger partial charge in [0.1, 0.15) is 0 Å². The summed E-state index contributed by atoms with van der Waals surface area (Å²) in [6.07, 6.45) is 18.0. The molecule has 1 aliphatic carbocycles. The molecule has 2 nitrogen and oxygen atoms in total. The van der Waals surface area contributed by atoms with Crippen molar-refractivity contribution in [3.63, 3.8) is 0 Å². The smallest absolute Gasteiger partial charge is 0.0465 e. The number of benzene rings is 6. The molecule has 6 aromatic carbocycles. The van der Waals surface area contributed by atoms with E-state index in [1.165, 1.54) is 169 Å². The molecule has 0 heterocycles. The van der Waals surface area contributed by atoms with Crippen LogP contribution < -0.4 is 9.80 Å². The second kappa shape index (κ2) is 19.8. The van der Waals surface area contributed by atoms with E-state index in [9.17, 15) is 0 Å². The molecule has 59 heavy (non-hydrogen) atoms. The summed E-state index contributed by atoms with van der Waals surface area (Å²) >= 11 is 0. The summed E-state index contributed by atoms with van der Waals surface area (Å²) < 4.78 is 0. The molecule has 306 valence electrons. The van der Waals surface area contributed by atoms with E-state index < -0.39 is 0 Å². The van der Waals surface area contributed by atoms with Crippen LogP contribution >= 0.6 is 0 Å². The van der Waals surface area contributed by atoms with E-state index in [1.807, 2.05) is 0 Å². The maximum Gasteiger partial charge on any atom is 0.0465 e. The standard InChI is InChI=1S/C57H68N2/c1-7-9-11-13-15-17-37-57(38-18-16-14-12-10-8-2)55-41-51(58(47-29-25-43(3)26-30-47)49-23-19-21-45(5)39-49)33-35-53(55)54-36-34-52(42-56(54)57)59(48-31-27-44(4)28-32-48)50-24-20-22-46(6)40-50/h19-36,39-42H,7-18,37-38H2,1-6H3. The number of fused-ring (bicyclic) bond motifs is 3. The molecule has 0 unspecified atom stereocenters. The van der Waals surface area contributed by atoms with E-state index in [1.54, 1.807) is 0 Å². The summed E-state index contributed by atoms with van der Waals surface area (Å²) in [6.45, 7) is 13.4. The van der Waals surface area contributed by atoms with Gasteiger partial charge in [-0.15, -0.1) is 0 Å². The lowest BCUT2D eigenvalue weighted by Crippen LogP contribution is -2.26. The van der Waals surface area contributed by atoms with Gasteiger partial charge in [0.25, 0.3) is 0 Å². The SMILES string of the molecule is CCCCCCCCC1(CCCCCCCC)c2cc(N(c3ccc(C)cc3)c3cccc(C)c3)ccc2-c2ccc(N(c3ccc(C)cc3)c3cccc(C)c3)cc21. The molecule has 7 rings (SSSR count). The third-order valence-corrected chi connectivity index (χ3v) is 12.9. The molecule has 0 bridgehead atoms. The first-order chi connectivity index (χ1) is 28.8. The van der Waals surface area contributed by atoms with Gasteiger partial charge in [0.15, 0.2) is 0 Å². The van der Waals surface area contributed by atoms with Gasteiger partial charge in [-0.1, -0.05) is 163 Å². The summed E-state index contributed by atoms with van der Waals surface area (Å²) in [7, 11) is 0. The first kappa shape index (κ1) is 42.1. The van der Waals surface area contributed by atoms with Crippen LogP contribution in [0.1, 0.15) is 137 Å². The van der Waals surface area contributed by atoms with Gasteiger partial charge in [-0.3, -0.25) is 0 Å². The van der Waals surface area contributed by atoms with Gasteiger partial charge < -0.3 is 9.80 Å². The van der Waals surface area contributed by atoms with Crippen LogP contribution in [0.5, 0.6) is 0 Å². The molecular formula is C57H68N2. The number of unbranched alkanes of at least 4 members (excludes halogenated alkanes) is 10. The van der Waals surface area contributed by atoms with Gasteiger partial charge in [-0.2, -0.15) is 0 Å². The largest absolute Gasteiger partial charge is 0.310 e. The van der Waals surface area contributed by atoms with Crippen LogP contribution in [0.3, 0.4) is 0 Å². The number of rotatable bonds is 20. The van der Waals surface area contributed by atoms with Crippen LogP contribution in [0.2, 0.25) is 0 Å². The molecule has 0 radical (unpaired) electrons. The first-order valence-corrected chi connectivity index (χ1v) is 23.0. The van der Waals surface area contributed by atoms with Gasteiger partial charge in [-0.05, 0) is 147 Å². The van der Waals surface area contributed by atoms with E-state index in [0.29, 0.717) is 0 Å². The Kier molecular flexibility index (Phi) is 14.1. The van der Waals surface area contributed by atoms with E-state index in [2.05, 4.69) is 185 Å². The Balaban J connectivity index is 1.40. The highest BCUT2D eigenvalue weighted by atomic mass is 15.1. The van der Waals surface area contributed by atoms with E-state index in [4.69, 9.17) is 0 Å². The van der Waals surface area contributed by atoms with Crippen molar-refractivity contribution in [1.82, 2.24) is 0 Å². The van der Waals surface area contributed by atoms with Crippen molar-refractivity contribution < 1.29 is 0 Å². The van der Waals surface area contributed by atoms with Crippen molar-refractivity contribution in [3.8, 4) is 11.1 Å². The van der Waals surface area contributed by atoms with Crippen LogP contribution in [0.15, 0.2) is 133 Å². The average molecular weight is 781 g/mol. The highest BCUT2D eigenvalue weighted by molar-refractivity contribution is 5.88. The van der Waals surface area contributed by atoms with Crippen molar-refractivity contribution in [2.45, 2.75) is 137 Å². The van der Waals surface area contributed by atoms with Gasteiger partial charge >= 0.3 is 0 Å². The summed E-state index contributed by atoms with van der Waals surface area (Å²) in [4.78, 5) is 4.97. The third-order valence-electron chi connectivity index (χ3n) is 12.9.